The highest BCUT2D eigenvalue weighted by Gasteiger charge is 2.36. The van der Waals surface area contributed by atoms with Gasteiger partial charge in [-0.05, 0) is 73.3 Å². The third-order valence-electron chi connectivity index (χ3n) is 6.85. The number of rotatable bonds is 4. The zero-order chi connectivity index (χ0) is 26.2. The first kappa shape index (κ1) is 24.1. The molecule has 2 aromatic heterocycles. The van der Waals surface area contributed by atoms with Crippen molar-refractivity contribution in [3.05, 3.63) is 126 Å². The lowest BCUT2D eigenvalue weighted by Gasteiger charge is -2.31. The number of halogens is 1. The van der Waals surface area contributed by atoms with Crippen molar-refractivity contribution in [2.45, 2.75) is 24.4 Å². The molecule has 1 unspecified atom stereocenters. The number of anilines is 1. The Morgan fingerprint density at radius 1 is 1.00 bits per heavy atom. The Balaban J connectivity index is 1.52. The molecule has 0 saturated heterocycles. The second-order valence-electron chi connectivity index (χ2n) is 9.18. The number of carbonyl (C=O) groups excluding carboxylic acids is 1. The minimum atomic E-state index is -0.453. The number of urea groups is 1. The van der Waals surface area contributed by atoms with E-state index in [1.54, 1.807) is 28.8 Å². The van der Waals surface area contributed by atoms with Crippen molar-refractivity contribution in [2.75, 3.05) is 11.6 Å². The van der Waals surface area contributed by atoms with Gasteiger partial charge >= 0.3 is 6.03 Å². The minimum Gasteiger partial charge on any atom is -0.308 e. The van der Waals surface area contributed by atoms with Crippen LogP contribution >= 0.6 is 11.8 Å². The molecule has 5 aromatic rings. The van der Waals surface area contributed by atoms with Crippen LogP contribution in [-0.2, 0) is 6.54 Å². The average Bonchev–Trinajstić information content (AvgIpc) is 3.50. The molecule has 1 aliphatic heterocycles. The highest BCUT2D eigenvalue weighted by molar-refractivity contribution is 7.98. The van der Waals surface area contributed by atoms with Crippen molar-refractivity contribution in [3.8, 4) is 11.5 Å². The summed E-state index contributed by atoms with van der Waals surface area (Å²) in [5, 5.41) is 7.98. The molecule has 3 aromatic carbocycles. The van der Waals surface area contributed by atoms with Gasteiger partial charge in [0.05, 0.1) is 29.7 Å². The van der Waals surface area contributed by atoms with Crippen LogP contribution in [0.5, 0.6) is 0 Å². The summed E-state index contributed by atoms with van der Waals surface area (Å²) >= 11 is 1.62. The van der Waals surface area contributed by atoms with Crippen LogP contribution in [0.15, 0.2) is 102 Å². The van der Waals surface area contributed by atoms with Crippen LogP contribution in [0.2, 0.25) is 0 Å². The molecule has 6 rings (SSSR count). The summed E-state index contributed by atoms with van der Waals surface area (Å²) in [6, 6.07) is 27.4. The van der Waals surface area contributed by atoms with Crippen molar-refractivity contribution in [3.63, 3.8) is 0 Å². The fourth-order valence-electron chi connectivity index (χ4n) is 5.04. The summed E-state index contributed by atoms with van der Waals surface area (Å²) in [7, 11) is 0. The Labute approximate surface area is 224 Å². The number of nitrogens with one attached hydrogen (secondary N) is 1. The lowest BCUT2D eigenvalue weighted by molar-refractivity contribution is 0.194. The molecule has 1 atom stereocenters. The summed E-state index contributed by atoms with van der Waals surface area (Å²) in [6.45, 7) is 2.30. The number of benzene rings is 3. The second kappa shape index (κ2) is 9.87. The lowest BCUT2D eigenvalue weighted by atomic mass is 10.0. The van der Waals surface area contributed by atoms with Crippen LogP contribution in [0.4, 0.5) is 14.9 Å². The number of carbonyl (C=O) groups is 1. The fraction of sp³-hybridized carbons (Fsp3) is 0.133. The van der Waals surface area contributed by atoms with E-state index in [1.165, 1.54) is 12.1 Å². The normalized spacial score (nSPS) is 14.5. The number of para-hydroxylation sites is 1. The Morgan fingerprint density at radius 3 is 2.55 bits per heavy atom. The standard InChI is InChI=1S/C30H26FN5OS/c1-20-26-19-35(30(37)32-23-8-6-11-25(18-23)38-2)28(21-13-15-22(31)16-14-21)27-12-7-17-34(27)29(26)36(33-20)24-9-4-3-5-10-24/h3-18,28H,19H2,1-2H3,(H,32,37). The van der Waals surface area contributed by atoms with Crippen LogP contribution in [0.25, 0.3) is 11.5 Å². The minimum absolute atomic E-state index is 0.245. The maximum absolute atomic E-state index is 14.0. The van der Waals surface area contributed by atoms with Gasteiger partial charge in [-0.2, -0.15) is 5.10 Å². The Bertz CT molecular complexity index is 1610. The van der Waals surface area contributed by atoms with Crippen molar-refractivity contribution in [1.82, 2.24) is 19.2 Å². The first-order valence-electron chi connectivity index (χ1n) is 12.3. The molecule has 0 spiro atoms. The summed E-state index contributed by atoms with van der Waals surface area (Å²) in [4.78, 5) is 16.9. The number of nitrogens with zero attached hydrogens (tertiary/aromatic N) is 4. The number of hydrogen-bond donors (Lipinski definition) is 1. The number of thioether (sulfide) groups is 1. The number of amides is 2. The van der Waals surface area contributed by atoms with Crippen LogP contribution in [0.1, 0.15) is 28.6 Å². The summed E-state index contributed by atoms with van der Waals surface area (Å²) in [5.41, 5.74) is 5.15. The molecule has 1 aliphatic rings. The van der Waals surface area contributed by atoms with Crippen LogP contribution in [0, 0.1) is 12.7 Å². The molecule has 6 nitrogen and oxygen atoms in total. The molecule has 3 heterocycles. The van der Waals surface area contributed by atoms with E-state index in [9.17, 15) is 9.18 Å². The first-order valence-corrected chi connectivity index (χ1v) is 13.5. The van der Waals surface area contributed by atoms with Gasteiger partial charge in [-0.25, -0.2) is 13.9 Å². The van der Waals surface area contributed by atoms with E-state index >= 15 is 0 Å². The maximum Gasteiger partial charge on any atom is 0.322 e. The van der Waals surface area contributed by atoms with Crippen molar-refractivity contribution in [2.24, 2.45) is 0 Å². The Hall–Kier alpha value is -4.30. The monoisotopic (exact) mass is 523 g/mol. The average molecular weight is 524 g/mol. The smallest absolute Gasteiger partial charge is 0.308 e. The zero-order valence-corrected chi connectivity index (χ0v) is 21.8. The van der Waals surface area contributed by atoms with E-state index in [2.05, 4.69) is 9.88 Å². The predicted octanol–water partition coefficient (Wildman–Crippen LogP) is 6.97. The predicted molar refractivity (Wildman–Crippen MR) is 149 cm³/mol. The third-order valence-corrected chi connectivity index (χ3v) is 7.58. The van der Waals surface area contributed by atoms with Crippen LogP contribution in [-0.4, -0.2) is 31.5 Å². The highest BCUT2D eigenvalue weighted by atomic mass is 32.2. The van der Waals surface area contributed by atoms with Crippen molar-refractivity contribution in [1.29, 1.82) is 0 Å². The second-order valence-corrected chi connectivity index (χ2v) is 10.1. The van der Waals surface area contributed by atoms with Gasteiger partial charge in [0.1, 0.15) is 11.6 Å². The molecular weight excluding hydrogens is 497 g/mol. The number of aryl methyl sites for hydroxylation is 1. The van der Waals surface area contributed by atoms with Gasteiger partial charge in [0.25, 0.3) is 0 Å². The molecular formula is C30H26FN5OS. The van der Waals surface area contributed by atoms with Crippen LogP contribution in [0.3, 0.4) is 0 Å². The Kier molecular flexibility index (Phi) is 6.25. The van der Waals surface area contributed by atoms with Crippen LogP contribution < -0.4 is 5.32 Å². The largest absolute Gasteiger partial charge is 0.322 e. The number of aromatic nitrogens is 3. The van der Waals surface area contributed by atoms with E-state index in [0.29, 0.717) is 6.54 Å². The van der Waals surface area contributed by atoms with E-state index in [1.807, 2.05) is 90.8 Å². The molecule has 0 fully saturated rings. The third kappa shape index (κ3) is 4.26. The molecule has 190 valence electrons. The quantitative estimate of drug-likeness (QED) is 0.259. The van der Waals surface area contributed by atoms with Crippen molar-refractivity contribution < 1.29 is 9.18 Å². The molecule has 8 heteroatoms. The molecule has 38 heavy (non-hydrogen) atoms. The van der Waals surface area contributed by atoms with Gasteiger partial charge in [0.2, 0.25) is 0 Å². The molecule has 0 bridgehead atoms. The summed E-state index contributed by atoms with van der Waals surface area (Å²) < 4.78 is 18.0. The lowest BCUT2D eigenvalue weighted by Crippen LogP contribution is -2.38. The highest BCUT2D eigenvalue weighted by Crippen LogP contribution is 2.38. The van der Waals surface area contributed by atoms with E-state index < -0.39 is 6.04 Å². The SMILES string of the molecule is CSc1cccc(NC(=O)N2Cc3c(C)nn(-c4ccccc4)c3-n3cccc3C2c2ccc(F)cc2)c1. The van der Waals surface area contributed by atoms with Gasteiger partial charge in [0, 0.05) is 22.3 Å². The maximum atomic E-state index is 14.0. The summed E-state index contributed by atoms with van der Waals surface area (Å²) in [5.74, 6) is 0.571. The topological polar surface area (TPSA) is 55.1 Å². The molecule has 2 amide bonds. The van der Waals surface area contributed by atoms with Gasteiger partial charge in [-0.15, -0.1) is 11.8 Å². The Morgan fingerprint density at radius 2 is 1.79 bits per heavy atom. The fourth-order valence-corrected chi connectivity index (χ4v) is 5.50. The first-order chi connectivity index (χ1) is 18.5. The van der Waals surface area contributed by atoms with Gasteiger partial charge in [-0.1, -0.05) is 36.4 Å². The van der Waals surface area contributed by atoms with Crippen molar-refractivity contribution >= 4 is 23.5 Å². The van der Waals surface area contributed by atoms with E-state index in [4.69, 9.17) is 5.10 Å². The number of hydrogen-bond acceptors (Lipinski definition) is 3. The van der Waals surface area contributed by atoms with Gasteiger partial charge in [0.15, 0.2) is 0 Å². The molecule has 1 N–H and O–H groups in total. The summed E-state index contributed by atoms with van der Waals surface area (Å²) in [6.07, 6.45) is 4.00. The molecule has 0 aliphatic carbocycles. The molecule has 0 radical (unpaired) electrons. The van der Waals surface area contributed by atoms with E-state index in [0.717, 1.165) is 44.6 Å². The van der Waals surface area contributed by atoms with Gasteiger partial charge in [-0.3, -0.25) is 0 Å². The van der Waals surface area contributed by atoms with Gasteiger partial charge < -0.3 is 14.8 Å². The zero-order valence-electron chi connectivity index (χ0n) is 21.0. The number of fused-ring (bicyclic) bond motifs is 3. The van der Waals surface area contributed by atoms with E-state index in [-0.39, 0.29) is 11.8 Å². The molecule has 0 saturated carbocycles.